The van der Waals surface area contributed by atoms with E-state index in [1.165, 1.54) is 20.3 Å². The molecule has 17 heavy (non-hydrogen) atoms. The van der Waals surface area contributed by atoms with Crippen molar-refractivity contribution in [3.05, 3.63) is 29.3 Å². The lowest BCUT2D eigenvalue weighted by atomic mass is 10.1. The van der Waals surface area contributed by atoms with Gasteiger partial charge in [0.2, 0.25) is 0 Å². The highest BCUT2D eigenvalue weighted by atomic mass is 16.5. The van der Waals surface area contributed by atoms with E-state index in [4.69, 9.17) is 19.8 Å². The van der Waals surface area contributed by atoms with Crippen molar-refractivity contribution in [2.75, 3.05) is 14.2 Å². The van der Waals surface area contributed by atoms with Crippen LogP contribution in [0.15, 0.2) is 23.8 Å². The van der Waals surface area contributed by atoms with Gasteiger partial charge in [-0.15, -0.1) is 0 Å². The Morgan fingerprint density at radius 1 is 1.29 bits per heavy atom. The highest BCUT2D eigenvalue weighted by Gasteiger charge is 2.07. The molecule has 1 aromatic carbocycles. The Morgan fingerprint density at radius 2 is 1.82 bits per heavy atom. The van der Waals surface area contributed by atoms with Crippen LogP contribution in [0.2, 0.25) is 0 Å². The first-order valence-corrected chi connectivity index (χ1v) is 4.69. The van der Waals surface area contributed by atoms with Gasteiger partial charge in [-0.3, -0.25) is 0 Å². The van der Waals surface area contributed by atoms with Gasteiger partial charge < -0.3 is 14.6 Å². The Kier molecular flexibility index (Phi) is 4.12. The molecule has 0 amide bonds. The van der Waals surface area contributed by atoms with Crippen molar-refractivity contribution in [2.45, 2.75) is 0 Å². The molecule has 0 aromatic heterocycles. The van der Waals surface area contributed by atoms with Gasteiger partial charge in [-0.25, -0.2) is 4.79 Å². The molecule has 88 valence electrons. The summed E-state index contributed by atoms with van der Waals surface area (Å²) in [6.07, 6.45) is 1.26. The van der Waals surface area contributed by atoms with E-state index in [9.17, 15) is 4.79 Å². The fraction of sp³-hybridized carbons (Fsp3) is 0.167. The first kappa shape index (κ1) is 12.6. The molecule has 0 saturated carbocycles. The second kappa shape index (κ2) is 5.56. The molecule has 0 aliphatic carbocycles. The van der Waals surface area contributed by atoms with Crippen LogP contribution in [-0.4, -0.2) is 25.3 Å². The second-order valence-electron chi connectivity index (χ2n) is 3.12. The maximum atomic E-state index is 10.7. The van der Waals surface area contributed by atoms with Crippen LogP contribution in [0.4, 0.5) is 0 Å². The van der Waals surface area contributed by atoms with Crippen LogP contribution in [-0.2, 0) is 4.79 Å². The van der Waals surface area contributed by atoms with Gasteiger partial charge in [0.05, 0.1) is 14.2 Å². The summed E-state index contributed by atoms with van der Waals surface area (Å²) in [5, 5.41) is 17.4. The molecule has 0 spiro atoms. The number of benzene rings is 1. The Morgan fingerprint density at radius 3 is 2.18 bits per heavy atom. The number of rotatable bonds is 4. The van der Waals surface area contributed by atoms with E-state index in [1.807, 2.05) is 0 Å². The van der Waals surface area contributed by atoms with Crippen LogP contribution in [0.25, 0.3) is 6.08 Å². The molecular weight excluding hydrogens is 222 g/mol. The highest BCUT2D eigenvalue weighted by molar-refractivity contribution is 5.96. The van der Waals surface area contributed by atoms with E-state index in [2.05, 4.69) is 0 Å². The van der Waals surface area contributed by atoms with Gasteiger partial charge in [0.1, 0.15) is 23.1 Å². The highest BCUT2D eigenvalue weighted by Crippen LogP contribution is 2.23. The molecule has 0 atom stereocenters. The van der Waals surface area contributed by atoms with Crippen molar-refractivity contribution in [2.24, 2.45) is 0 Å². The average molecular weight is 233 g/mol. The van der Waals surface area contributed by atoms with Crippen LogP contribution >= 0.6 is 0 Å². The number of ether oxygens (including phenoxy) is 2. The topological polar surface area (TPSA) is 79.5 Å². The van der Waals surface area contributed by atoms with Crippen molar-refractivity contribution in [3.63, 3.8) is 0 Å². The summed E-state index contributed by atoms with van der Waals surface area (Å²) in [6.45, 7) is 0. The number of aliphatic carboxylic acids is 1. The van der Waals surface area contributed by atoms with E-state index >= 15 is 0 Å². The summed E-state index contributed by atoms with van der Waals surface area (Å²) in [4.78, 5) is 10.7. The summed E-state index contributed by atoms with van der Waals surface area (Å²) in [7, 11) is 2.98. The number of nitrogens with zero attached hydrogens (tertiary/aromatic N) is 1. The Bertz CT molecular complexity index is 477. The predicted octanol–water partition coefficient (Wildman–Crippen LogP) is 1.70. The summed E-state index contributed by atoms with van der Waals surface area (Å²) in [5.74, 6) is -0.217. The van der Waals surface area contributed by atoms with Crippen molar-refractivity contribution >= 4 is 12.0 Å². The summed E-state index contributed by atoms with van der Waals surface area (Å²) >= 11 is 0. The molecule has 0 saturated heterocycles. The lowest BCUT2D eigenvalue weighted by Gasteiger charge is -2.05. The van der Waals surface area contributed by atoms with Crippen molar-refractivity contribution in [1.82, 2.24) is 0 Å². The van der Waals surface area contributed by atoms with Gasteiger partial charge in [-0.1, -0.05) is 0 Å². The van der Waals surface area contributed by atoms with Crippen LogP contribution in [0, 0.1) is 11.3 Å². The monoisotopic (exact) mass is 233 g/mol. The largest absolute Gasteiger partial charge is 0.497 e. The van der Waals surface area contributed by atoms with E-state index < -0.39 is 5.97 Å². The van der Waals surface area contributed by atoms with E-state index in [1.54, 1.807) is 24.3 Å². The lowest BCUT2D eigenvalue weighted by Crippen LogP contribution is -1.97. The van der Waals surface area contributed by atoms with Gasteiger partial charge in [0.25, 0.3) is 0 Å². The summed E-state index contributed by atoms with van der Waals surface area (Å²) in [6, 6.07) is 6.49. The maximum Gasteiger partial charge on any atom is 0.346 e. The fourth-order valence-corrected chi connectivity index (χ4v) is 1.22. The normalized spacial score (nSPS) is 10.5. The minimum atomic E-state index is -1.27. The third kappa shape index (κ3) is 3.24. The second-order valence-corrected chi connectivity index (χ2v) is 3.12. The van der Waals surface area contributed by atoms with Crippen molar-refractivity contribution in [1.29, 1.82) is 5.26 Å². The minimum absolute atomic E-state index is 0.347. The Hall–Kier alpha value is -2.48. The number of carboxylic acid groups (broad SMARTS) is 1. The first-order valence-electron chi connectivity index (χ1n) is 4.69. The van der Waals surface area contributed by atoms with E-state index in [0.717, 1.165) is 0 Å². The molecule has 1 aromatic rings. The maximum absolute atomic E-state index is 10.7. The number of carboxylic acids is 1. The smallest absolute Gasteiger partial charge is 0.346 e. The molecular formula is C12H11NO4. The lowest BCUT2D eigenvalue weighted by molar-refractivity contribution is -0.132. The number of hydrogen-bond donors (Lipinski definition) is 1. The Balaban J connectivity index is 3.22. The van der Waals surface area contributed by atoms with Crippen LogP contribution < -0.4 is 9.47 Å². The van der Waals surface area contributed by atoms with Crippen LogP contribution in [0.3, 0.4) is 0 Å². The Labute approximate surface area is 98.5 Å². The molecule has 1 N–H and O–H groups in total. The van der Waals surface area contributed by atoms with Gasteiger partial charge in [0, 0.05) is 6.07 Å². The zero-order valence-electron chi connectivity index (χ0n) is 9.43. The van der Waals surface area contributed by atoms with Gasteiger partial charge in [-0.05, 0) is 23.8 Å². The molecule has 0 aliphatic rings. The summed E-state index contributed by atoms with van der Waals surface area (Å²) < 4.78 is 10.1. The molecule has 0 bridgehead atoms. The van der Waals surface area contributed by atoms with Gasteiger partial charge in [-0.2, -0.15) is 5.26 Å². The number of hydrogen-bond acceptors (Lipinski definition) is 4. The molecule has 0 aliphatic heterocycles. The molecule has 0 unspecified atom stereocenters. The predicted molar refractivity (Wildman–Crippen MR) is 60.8 cm³/mol. The fourth-order valence-electron chi connectivity index (χ4n) is 1.22. The summed E-state index contributed by atoms with van der Waals surface area (Å²) in [5.41, 5.74) is 0.181. The van der Waals surface area contributed by atoms with Crippen LogP contribution in [0.5, 0.6) is 11.5 Å². The number of nitriles is 1. The number of methoxy groups -OCH3 is 2. The average Bonchev–Trinajstić information content (AvgIpc) is 2.34. The van der Waals surface area contributed by atoms with Crippen molar-refractivity contribution < 1.29 is 19.4 Å². The number of carbonyl (C=O) groups is 1. The van der Waals surface area contributed by atoms with Crippen molar-refractivity contribution in [3.8, 4) is 17.6 Å². The van der Waals surface area contributed by atoms with Crippen LogP contribution in [0.1, 0.15) is 5.56 Å². The molecule has 0 radical (unpaired) electrons. The first-order chi connectivity index (χ1) is 8.10. The molecule has 0 heterocycles. The third-order valence-corrected chi connectivity index (χ3v) is 2.04. The quantitative estimate of drug-likeness (QED) is 0.632. The van der Waals surface area contributed by atoms with E-state index in [0.29, 0.717) is 17.1 Å². The van der Waals surface area contributed by atoms with E-state index in [-0.39, 0.29) is 5.57 Å². The minimum Gasteiger partial charge on any atom is -0.497 e. The standard InChI is InChI=1S/C12H11NO4/c1-16-10-4-8(5-11(6-10)17-2)3-9(7-13)12(14)15/h3-6H,1-2H3,(H,14,15)/b9-3-. The molecule has 5 heteroatoms. The van der Waals surface area contributed by atoms with Gasteiger partial charge in [0.15, 0.2) is 0 Å². The molecule has 0 fully saturated rings. The van der Waals surface area contributed by atoms with Gasteiger partial charge >= 0.3 is 5.97 Å². The molecule has 5 nitrogen and oxygen atoms in total. The molecule has 1 rings (SSSR count). The zero-order valence-corrected chi connectivity index (χ0v) is 9.43. The third-order valence-electron chi connectivity index (χ3n) is 2.04. The SMILES string of the molecule is COc1cc(/C=C(/C#N)C(=O)O)cc(OC)c1. The zero-order chi connectivity index (χ0) is 12.8.